The molecule has 1 aromatic carbocycles. The molecular formula is C16H22ClN3O2. The van der Waals surface area contributed by atoms with Gasteiger partial charge in [0.1, 0.15) is 0 Å². The summed E-state index contributed by atoms with van der Waals surface area (Å²) < 4.78 is 5.36. The molecule has 1 heterocycles. The van der Waals surface area contributed by atoms with E-state index in [4.69, 9.17) is 16.1 Å². The molecule has 0 radical (unpaired) electrons. The molecule has 0 amide bonds. The van der Waals surface area contributed by atoms with Crippen molar-refractivity contribution < 1.29 is 9.63 Å². The molecule has 6 heteroatoms. The summed E-state index contributed by atoms with van der Waals surface area (Å²) in [7, 11) is 1.98. The molecule has 0 bridgehead atoms. The zero-order valence-corrected chi connectivity index (χ0v) is 13.9. The summed E-state index contributed by atoms with van der Waals surface area (Å²) >= 11 is 5.87. The number of halogens is 1. The van der Waals surface area contributed by atoms with Gasteiger partial charge in [0.25, 0.3) is 0 Å². The second kappa shape index (κ2) is 7.72. The number of hydrogen-bond acceptors (Lipinski definition) is 5. The van der Waals surface area contributed by atoms with E-state index in [2.05, 4.69) is 15.0 Å². The Balaban J connectivity index is 1.96. The molecule has 5 nitrogen and oxygen atoms in total. The monoisotopic (exact) mass is 323 g/mol. The maximum absolute atomic E-state index is 9.35. The number of rotatable bonds is 7. The summed E-state index contributed by atoms with van der Waals surface area (Å²) in [4.78, 5) is 6.55. The molecule has 0 spiro atoms. The number of aliphatic hydroxyl groups excluding tert-OH is 1. The fourth-order valence-electron chi connectivity index (χ4n) is 2.07. The van der Waals surface area contributed by atoms with Crippen molar-refractivity contribution in [1.29, 1.82) is 0 Å². The highest BCUT2D eigenvalue weighted by Gasteiger charge is 2.19. The average Bonchev–Trinajstić information content (AvgIpc) is 2.94. The molecular weight excluding hydrogens is 302 g/mol. The minimum Gasteiger partial charge on any atom is -0.393 e. The van der Waals surface area contributed by atoms with Gasteiger partial charge in [-0.1, -0.05) is 28.9 Å². The van der Waals surface area contributed by atoms with E-state index >= 15 is 0 Å². The molecule has 2 aromatic rings. The Hall–Kier alpha value is -1.43. The minimum absolute atomic E-state index is 0.0187. The Kier molecular flexibility index (Phi) is 5.94. The van der Waals surface area contributed by atoms with Gasteiger partial charge in [0.15, 0.2) is 5.82 Å². The third-order valence-electron chi connectivity index (χ3n) is 3.68. The first-order valence-corrected chi connectivity index (χ1v) is 7.78. The van der Waals surface area contributed by atoms with Crippen molar-refractivity contribution in [2.24, 2.45) is 0 Å². The molecule has 0 fully saturated rings. The van der Waals surface area contributed by atoms with Crippen LogP contribution in [0.1, 0.15) is 43.6 Å². The van der Waals surface area contributed by atoms with Crippen LogP contribution in [0.5, 0.6) is 0 Å². The predicted molar refractivity (Wildman–Crippen MR) is 85.9 cm³/mol. The third kappa shape index (κ3) is 4.80. The van der Waals surface area contributed by atoms with Crippen LogP contribution >= 0.6 is 11.6 Å². The van der Waals surface area contributed by atoms with Gasteiger partial charge in [0, 0.05) is 18.0 Å². The van der Waals surface area contributed by atoms with E-state index in [1.807, 2.05) is 38.2 Å². The normalized spacial score (nSPS) is 14.3. The highest BCUT2D eigenvalue weighted by atomic mass is 35.5. The van der Waals surface area contributed by atoms with Gasteiger partial charge in [-0.25, -0.2) is 0 Å². The standard InChI is InChI=1S/C16H22ClN3O2/c1-11(21)8-9-20(3)12(2)16-18-15(19-22-16)10-13-4-6-14(17)7-5-13/h4-7,11-12,21H,8-10H2,1-3H3. The molecule has 1 N–H and O–H groups in total. The van der Waals surface area contributed by atoms with E-state index in [0.29, 0.717) is 29.6 Å². The number of nitrogens with zero attached hydrogens (tertiary/aromatic N) is 3. The van der Waals surface area contributed by atoms with E-state index < -0.39 is 0 Å². The number of aliphatic hydroxyl groups is 1. The van der Waals surface area contributed by atoms with Crippen LogP contribution in [0.3, 0.4) is 0 Å². The molecule has 120 valence electrons. The molecule has 0 saturated carbocycles. The van der Waals surface area contributed by atoms with Crippen molar-refractivity contribution in [3.63, 3.8) is 0 Å². The van der Waals surface area contributed by atoms with Crippen molar-refractivity contribution in [1.82, 2.24) is 15.0 Å². The van der Waals surface area contributed by atoms with Gasteiger partial charge in [0.2, 0.25) is 5.89 Å². The maximum Gasteiger partial charge on any atom is 0.243 e. The second-order valence-corrected chi connectivity index (χ2v) is 6.08. The molecule has 0 aliphatic heterocycles. The maximum atomic E-state index is 9.35. The summed E-state index contributed by atoms with van der Waals surface area (Å²) in [6, 6.07) is 7.63. The quantitative estimate of drug-likeness (QED) is 0.848. The van der Waals surface area contributed by atoms with Gasteiger partial charge in [-0.2, -0.15) is 4.98 Å². The molecule has 2 unspecified atom stereocenters. The van der Waals surface area contributed by atoms with Crippen LogP contribution in [0.15, 0.2) is 28.8 Å². The van der Waals surface area contributed by atoms with Gasteiger partial charge in [-0.15, -0.1) is 0 Å². The van der Waals surface area contributed by atoms with E-state index in [9.17, 15) is 5.11 Å². The van der Waals surface area contributed by atoms with Crippen LogP contribution < -0.4 is 0 Å². The lowest BCUT2D eigenvalue weighted by atomic mass is 10.1. The number of aromatic nitrogens is 2. The van der Waals surface area contributed by atoms with Gasteiger partial charge >= 0.3 is 0 Å². The summed E-state index contributed by atoms with van der Waals surface area (Å²) in [5, 5.41) is 14.1. The zero-order valence-electron chi connectivity index (χ0n) is 13.2. The first-order chi connectivity index (χ1) is 10.5. The van der Waals surface area contributed by atoms with Crippen LogP contribution in [0.2, 0.25) is 5.02 Å². The molecule has 0 aliphatic carbocycles. The van der Waals surface area contributed by atoms with Crippen molar-refractivity contribution in [2.75, 3.05) is 13.6 Å². The van der Waals surface area contributed by atoms with Gasteiger partial charge in [-0.05, 0) is 45.0 Å². The topological polar surface area (TPSA) is 62.4 Å². The number of benzene rings is 1. The Bertz CT molecular complexity index is 583. The molecule has 2 atom stereocenters. The third-order valence-corrected chi connectivity index (χ3v) is 3.93. The van der Waals surface area contributed by atoms with Crippen molar-refractivity contribution in [3.05, 3.63) is 46.6 Å². The van der Waals surface area contributed by atoms with Gasteiger partial charge in [-0.3, -0.25) is 4.90 Å². The number of hydrogen-bond donors (Lipinski definition) is 1. The van der Waals surface area contributed by atoms with Crippen molar-refractivity contribution >= 4 is 11.6 Å². The van der Waals surface area contributed by atoms with Crippen molar-refractivity contribution in [2.45, 2.75) is 38.8 Å². The Morgan fingerprint density at radius 3 is 2.59 bits per heavy atom. The van der Waals surface area contributed by atoms with Crippen LogP contribution in [-0.2, 0) is 6.42 Å². The average molecular weight is 324 g/mol. The van der Waals surface area contributed by atoms with Crippen LogP contribution in [0.25, 0.3) is 0 Å². The summed E-state index contributed by atoms with van der Waals surface area (Å²) in [6.07, 6.45) is 1.02. The first kappa shape index (κ1) is 16.9. The lowest BCUT2D eigenvalue weighted by Crippen LogP contribution is -2.26. The van der Waals surface area contributed by atoms with Crippen LogP contribution in [0.4, 0.5) is 0 Å². The molecule has 1 aromatic heterocycles. The highest BCUT2D eigenvalue weighted by Crippen LogP contribution is 2.18. The van der Waals surface area contributed by atoms with Crippen LogP contribution in [0, 0.1) is 0 Å². The Labute approximate surface area is 135 Å². The Morgan fingerprint density at radius 2 is 1.95 bits per heavy atom. The van der Waals surface area contributed by atoms with Gasteiger partial charge < -0.3 is 9.63 Å². The lowest BCUT2D eigenvalue weighted by molar-refractivity contribution is 0.143. The van der Waals surface area contributed by atoms with E-state index in [0.717, 1.165) is 12.1 Å². The zero-order chi connectivity index (χ0) is 16.1. The van der Waals surface area contributed by atoms with Crippen LogP contribution in [-0.4, -0.2) is 39.8 Å². The van der Waals surface area contributed by atoms with E-state index in [1.54, 1.807) is 6.92 Å². The van der Waals surface area contributed by atoms with Gasteiger partial charge in [0.05, 0.1) is 12.1 Å². The SMILES string of the molecule is CC(O)CCN(C)C(C)c1nc(Cc2ccc(Cl)cc2)no1. The minimum atomic E-state index is -0.308. The first-order valence-electron chi connectivity index (χ1n) is 7.41. The van der Waals surface area contributed by atoms with E-state index in [-0.39, 0.29) is 12.1 Å². The predicted octanol–water partition coefficient (Wildman–Crippen LogP) is 3.08. The molecule has 22 heavy (non-hydrogen) atoms. The lowest BCUT2D eigenvalue weighted by Gasteiger charge is -2.21. The smallest absolute Gasteiger partial charge is 0.243 e. The summed E-state index contributed by atoms with van der Waals surface area (Å²) in [5.74, 6) is 1.25. The van der Waals surface area contributed by atoms with E-state index in [1.165, 1.54) is 0 Å². The fraction of sp³-hybridized carbons (Fsp3) is 0.500. The molecule has 0 aliphatic rings. The summed E-state index contributed by atoms with van der Waals surface area (Å²) in [6.45, 7) is 4.57. The summed E-state index contributed by atoms with van der Waals surface area (Å²) in [5.41, 5.74) is 1.09. The molecule has 2 rings (SSSR count). The van der Waals surface area contributed by atoms with Crippen molar-refractivity contribution in [3.8, 4) is 0 Å². The largest absolute Gasteiger partial charge is 0.393 e. The Morgan fingerprint density at radius 1 is 1.27 bits per heavy atom. The highest BCUT2D eigenvalue weighted by molar-refractivity contribution is 6.30. The molecule has 0 saturated heterocycles. The second-order valence-electron chi connectivity index (χ2n) is 5.65. The fourth-order valence-corrected chi connectivity index (χ4v) is 2.19.